The zero-order valence-electron chi connectivity index (χ0n) is 20.9. The van der Waals surface area contributed by atoms with E-state index in [-0.39, 0.29) is 54.2 Å². The van der Waals surface area contributed by atoms with Gasteiger partial charge in [0.15, 0.2) is 0 Å². The molecule has 0 spiro atoms. The molecule has 1 saturated carbocycles. The number of halogens is 1. The summed E-state index contributed by atoms with van der Waals surface area (Å²) >= 11 is 6.35. The summed E-state index contributed by atoms with van der Waals surface area (Å²) in [6.07, 6.45) is 5.27. The molecule has 1 aliphatic heterocycles. The lowest BCUT2D eigenvalue weighted by Crippen LogP contribution is -2.50. The smallest absolute Gasteiger partial charge is 0.269 e. The van der Waals surface area contributed by atoms with Crippen LogP contribution in [0.5, 0.6) is 0 Å². The fourth-order valence-electron chi connectivity index (χ4n) is 4.93. The molecule has 1 atom stereocenters. The van der Waals surface area contributed by atoms with Crippen molar-refractivity contribution in [2.75, 3.05) is 6.54 Å². The van der Waals surface area contributed by atoms with Gasteiger partial charge in [0.05, 0.1) is 5.56 Å². The number of hydrogen-bond acceptors (Lipinski definition) is 5. The van der Waals surface area contributed by atoms with Crippen molar-refractivity contribution in [1.29, 1.82) is 0 Å². The molecule has 2 aliphatic rings. The lowest BCUT2D eigenvalue weighted by Gasteiger charge is -2.31. The van der Waals surface area contributed by atoms with E-state index in [0.29, 0.717) is 10.6 Å². The van der Waals surface area contributed by atoms with Gasteiger partial charge >= 0.3 is 0 Å². The summed E-state index contributed by atoms with van der Waals surface area (Å²) in [5.74, 6) is -1.12. The zero-order valence-corrected chi connectivity index (χ0v) is 22.4. The Morgan fingerprint density at radius 3 is 2.46 bits per heavy atom. The molecule has 0 bridgehead atoms. The average Bonchev–Trinajstić information content (AvgIpc) is 3.09. The number of fused-ring (bicyclic) bond motifs is 1. The molecule has 8 nitrogen and oxygen atoms in total. The second kappa shape index (κ2) is 11.6. The minimum atomic E-state index is -3.94. The summed E-state index contributed by atoms with van der Waals surface area (Å²) in [6, 6.07) is 12.6. The van der Waals surface area contributed by atoms with Crippen molar-refractivity contribution in [3.05, 3.63) is 64.7 Å². The summed E-state index contributed by atoms with van der Waals surface area (Å²) in [4.78, 5) is 40.6. The van der Waals surface area contributed by atoms with Gasteiger partial charge in [-0.2, -0.15) is 0 Å². The van der Waals surface area contributed by atoms with E-state index in [0.717, 1.165) is 30.0 Å². The Morgan fingerprint density at radius 1 is 1.08 bits per heavy atom. The molecule has 0 unspecified atom stereocenters. The molecule has 1 fully saturated rings. The quantitative estimate of drug-likeness (QED) is 0.510. The number of sulfonamides is 1. The highest BCUT2D eigenvalue weighted by Crippen LogP contribution is 2.30. The highest BCUT2D eigenvalue weighted by Gasteiger charge is 2.40. The number of rotatable bonds is 9. The van der Waals surface area contributed by atoms with E-state index in [4.69, 9.17) is 11.6 Å². The van der Waals surface area contributed by atoms with Crippen molar-refractivity contribution in [3.8, 4) is 0 Å². The van der Waals surface area contributed by atoms with Crippen molar-refractivity contribution in [2.45, 2.75) is 75.4 Å². The van der Waals surface area contributed by atoms with E-state index in [1.807, 2.05) is 6.07 Å². The van der Waals surface area contributed by atoms with Crippen LogP contribution in [0.15, 0.2) is 53.4 Å². The largest absolute Gasteiger partial charge is 0.352 e. The van der Waals surface area contributed by atoms with Crippen molar-refractivity contribution >= 4 is 39.3 Å². The maximum Gasteiger partial charge on any atom is 0.269 e. The Labute approximate surface area is 223 Å². The maximum atomic E-state index is 13.4. The molecular formula is C27H32ClN3O5S. The second-order valence-corrected chi connectivity index (χ2v) is 11.9. The minimum absolute atomic E-state index is 0.0142. The highest BCUT2D eigenvalue weighted by atomic mass is 35.5. The highest BCUT2D eigenvalue weighted by molar-refractivity contribution is 7.90. The van der Waals surface area contributed by atoms with Gasteiger partial charge in [-0.3, -0.25) is 14.4 Å². The van der Waals surface area contributed by atoms with Crippen molar-refractivity contribution in [1.82, 2.24) is 14.5 Å². The number of hydrogen-bond donors (Lipinski definition) is 1. The van der Waals surface area contributed by atoms with Gasteiger partial charge in [-0.25, -0.2) is 12.7 Å². The third-order valence-corrected chi connectivity index (χ3v) is 9.29. The minimum Gasteiger partial charge on any atom is -0.352 e. The molecule has 3 amide bonds. The van der Waals surface area contributed by atoms with E-state index < -0.39 is 22.0 Å². The topological polar surface area (TPSA) is 104 Å². The first-order valence-corrected chi connectivity index (χ1v) is 14.5. The molecule has 2 aromatic carbocycles. The fourth-order valence-corrected chi connectivity index (χ4v) is 6.73. The van der Waals surface area contributed by atoms with Crippen LogP contribution in [0.25, 0.3) is 0 Å². The summed E-state index contributed by atoms with van der Waals surface area (Å²) in [5.41, 5.74) is 0.852. The third-order valence-electron chi connectivity index (χ3n) is 7.08. The lowest BCUT2D eigenvalue weighted by molar-refractivity contribution is -0.141. The Morgan fingerprint density at radius 2 is 1.76 bits per heavy atom. The summed E-state index contributed by atoms with van der Waals surface area (Å²) in [5, 5.41) is 3.58. The molecule has 2 aromatic rings. The number of carbonyl (C=O) groups excluding carboxylic acids is 3. The van der Waals surface area contributed by atoms with Gasteiger partial charge in [0, 0.05) is 30.6 Å². The first-order valence-electron chi connectivity index (χ1n) is 12.7. The van der Waals surface area contributed by atoms with Crippen LogP contribution in [-0.2, 0) is 26.2 Å². The van der Waals surface area contributed by atoms with E-state index in [9.17, 15) is 22.8 Å². The third kappa shape index (κ3) is 5.99. The number of nitrogens with one attached hydrogen (secondary N) is 1. The first kappa shape index (κ1) is 27.1. The molecule has 4 rings (SSSR count). The number of carbonyl (C=O) groups is 3. The molecular weight excluding hydrogens is 514 g/mol. The van der Waals surface area contributed by atoms with Gasteiger partial charge in [-0.1, -0.05) is 61.2 Å². The van der Waals surface area contributed by atoms with Crippen LogP contribution in [0.3, 0.4) is 0 Å². The number of amides is 3. The number of nitrogens with zero attached hydrogens (tertiary/aromatic N) is 2. The molecule has 1 N–H and O–H groups in total. The van der Waals surface area contributed by atoms with Gasteiger partial charge in [-0.15, -0.1) is 0 Å². The SMILES string of the molecule is C[C@H](C(=O)NC1CCCCC1)N(Cc1ccccc1Cl)C(=O)CCCN1C(=O)c2ccccc2S1(=O)=O. The molecule has 10 heteroatoms. The molecule has 198 valence electrons. The van der Waals surface area contributed by atoms with Gasteiger partial charge < -0.3 is 10.2 Å². The standard InChI is InChI=1S/C27H32ClN3O5S/c1-19(26(33)29-21-11-3-2-4-12-21)30(18-20-10-5-7-14-23(20)28)25(32)16-9-17-31-27(34)22-13-6-8-15-24(22)37(31,35)36/h5-8,10,13-15,19,21H,2-4,9,11-12,16-18H2,1H3,(H,29,33)/t19-/m1/s1. The molecule has 0 saturated heterocycles. The number of benzene rings is 2. The van der Waals surface area contributed by atoms with E-state index in [2.05, 4.69) is 5.32 Å². The summed E-state index contributed by atoms with van der Waals surface area (Å²) < 4.78 is 26.4. The van der Waals surface area contributed by atoms with Gasteiger partial charge in [-0.05, 0) is 49.9 Å². The van der Waals surface area contributed by atoms with Gasteiger partial charge in [0.1, 0.15) is 10.9 Å². The average molecular weight is 546 g/mol. The van der Waals surface area contributed by atoms with Crippen LogP contribution in [0.2, 0.25) is 5.02 Å². The second-order valence-electron chi connectivity index (χ2n) is 9.61. The lowest BCUT2D eigenvalue weighted by atomic mass is 9.95. The first-order chi connectivity index (χ1) is 17.7. The Bertz CT molecular complexity index is 1280. The van der Waals surface area contributed by atoms with Gasteiger partial charge in [0.2, 0.25) is 11.8 Å². The predicted octanol–water partition coefficient (Wildman–Crippen LogP) is 4.13. The van der Waals surface area contributed by atoms with Crippen molar-refractivity contribution < 1.29 is 22.8 Å². The van der Waals surface area contributed by atoms with Crippen LogP contribution in [0.1, 0.15) is 67.8 Å². The Kier molecular flexibility index (Phi) is 8.54. The van der Waals surface area contributed by atoms with Crippen molar-refractivity contribution in [3.63, 3.8) is 0 Å². The van der Waals surface area contributed by atoms with Crippen molar-refractivity contribution in [2.24, 2.45) is 0 Å². The van der Waals surface area contributed by atoms with Crippen LogP contribution >= 0.6 is 11.6 Å². The monoisotopic (exact) mass is 545 g/mol. The fraction of sp³-hybridized carbons (Fsp3) is 0.444. The van der Waals surface area contributed by atoms with Crippen LogP contribution in [0, 0.1) is 0 Å². The Hall–Kier alpha value is -2.91. The molecule has 0 aromatic heterocycles. The summed E-state index contributed by atoms with van der Waals surface area (Å²) in [7, 11) is -3.94. The molecule has 37 heavy (non-hydrogen) atoms. The van der Waals surface area contributed by atoms with E-state index >= 15 is 0 Å². The van der Waals surface area contributed by atoms with Crippen LogP contribution < -0.4 is 5.32 Å². The molecule has 1 heterocycles. The normalized spacial score (nSPS) is 17.8. The molecule has 0 radical (unpaired) electrons. The van der Waals surface area contributed by atoms with Gasteiger partial charge in [0.25, 0.3) is 15.9 Å². The van der Waals surface area contributed by atoms with E-state index in [1.54, 1.807) is 37.3 Å². The zero-order chi connectivity index (χ0) is 26.6. The maximum absolute atomic E-state index is 13.4. The predicted molar refractivity (Wildman–Crippen MR) is 140 cm³/mol. The van der Waals surface area contributed by atoms with Crippen LogP contribution in [0.4, 0.5) is 0 Å². The van der Waals surface area contributed by atoms with Crippen LogP contribution in [-0.4, -0.2) is 54.0 Å². The molecule has 1 aliphatic carbocycles. The summed E-state index contributed by atoms with van der Waals surface area (Å²) in [6.45, 7) is 1.71. The Balaban J connectivity index is 1.44. The van der Waals surface area contributed by atoms with E-state index in [1.165, 1.54) is 23.5 Å².